The number of carbonyl (C=O) groups excluding carboxylic acids is 1. The van der Waals surface area contributed by atoms with E-state index >= 15 is 0 Å². The van der Waals surface area contributed by atoms with Crippen molar-refractivity contribution in [1.29, 1.82) is 5.41 Å². The largest absolute Gasteiger partial charge is 0.370 e. The predicted octanol–water partition coefficient (Wildman–Crippen LogP) is 5.24. The first-order chi connectivity index (χ1) is 13.2. The predicted molar refractivity (Wildman–Crippen MR) is 117 cm³/mol. The SMILES string of the molecule is CCCCCCCCCCCCCCCC(=O)NCCCCCNC(=N)N. The second kappa shape index (κ2) is 21.0. The van der Waals surface area contributed by atoms with Gasteiger partial charge in [-0.15, -0.1) is 0 Å². The van der Waals surface area contributed by atoms with Gasteiger partial charge in [0.15, 0.2) is 5.96 Å². The van der Waals surface area contributed by atoms with E-state index < -0.39 is 0 Å². The van der Waals surface area contributed by atoms with Crippen molar-refractivity contribution in [2.45, 2.75) is 116 Å². The Morgan fingerprint density at radius 2 is 1.07 bits per heavy atom. The molecule has 0 aliphatic rings. The van der Waals surface area contributed by atoms with Crippen LogP contribution in [-0.2, 0) is 4.79 Å². The van der Waals surface area contributed by atoms with Crippen molar-refractivity contribution >= 4 is 11.9 Å². The summed E-state index contributed by atoms with van der Waals surface area (Å²) in [5, 5.41) is 12.8. The Morgan fingerprint density at radius 3 is 1.56 bits per heavy atom. The molecule has 0 spiro atoms. The minimum atomic E-state index is 0.0288. The first kappa shape index (κ1) is 25.7. The molecule has 0 fully saturated rings. The van der Waals surface area contributed by atoms with E-state index in [1.54, 1.807) is 0 Å². The lowest BCUT2D eigenvalue weighted by Gasteiger charge is -2.06. The average molecular weight is 383 g/mol. The normalized spacial score (nSPS) is 10.7. The van der Waals surface area contributed by atoms with Crippen LogP contribution in [0.4, 0.5) is 0 Å². The minimum absolute atomic E-state index is 0.0288. The third-order valence-electron chi connectivity index (χ3n) is 5.00. The van der Waals surface area contributed by atoms with E-state index in [1.807, 2.05) is 0 Å². The molecule has 0 aliphatic heterocycles. The molecule has 0 heterocycles. The van der Waals surface area contributed by atoms with E-state index in [0.717, 1.165) is 38.8 Å². The summed E-state index contributed by atoms with van der Waals surface area (Å²) >= 11 is 0. The molecule has 0 saturated heterocycles. The zero-order valence-corrected chi connectivity index (χ0v) is 17.9. The Hall–Kier alpha value is -1.26. The summed E-state index contributed by atoms with van der Waals surface area (Å²) in [5.41, 5.74) is 5.21. The lowest BCUT2D eigenvalue weighted by atomic mass is 10.0. The zero-order chi connectivity index (χ0) is 20.0. The van der Waals surface area contributed by atoms with Crippen LogP contribution in [0.15, 0.2) is 0 Å². The highest BCUT2D eigenvalue weighted by atomic mass is 16.1. The molecule has 0 saturated carbocycles. The number of hydrogen-bond donors (Lipinski definition) is 4. The first-order valence-corrected chi connectivity index (χ1v) is 11.5. The molecule has 0 rings (SSSR count). The fourth-order valence-electron chi connectivity index (χ4n) is 3.27. The maximum absolute atomic E-state index is 11.8. The Kier molecular flexibility index (Phi) is 20.1. The fourth-order valence-corrected chi connectivity index (χ4v) is 3.27. The van der Waals surface area contributed by atoms with Gasteiger partial charge in [-0.1, -0.05) is 84.0 Å². The molecule has 5 nitrogen and oxygen atoms in total. The second-order valence-corrected chi connectivity index (χ2v) is 7.74. The van der Waals surface area contributed by atoms with Crippen LogP contribution in [0.1, 0.15) is 116 Å². The third-order valence-corrected chi connectivity index (χ3v) is 5.00. The number of hydrogen-bond acceptors (Lipinski definition) is 2. The Morgan fingerprint density at radius 1 is 0.667 bits per heavy atom. The van der Waals surface area contributed by atoms with Gasteiger partial charge in [-0.05, 0) is 25.7 Å². The van der Waals surface area contributed by atoms with Crippen molar-refractivity contribution in [2.24, 2.45) is 5.73 Å². The maximum atomic E-state index is 11.8. The van der Waals surface area contributed by atoms with Gasteiger partial charge < -0.3 is 16.4 Å². The monoisotopic (exact) mass is 382 g/mol. The van der Waals surface area contributed by atoms with Crippen LogP contribution in [0.2, 0.25) is 0 Å². The number of rotatable bonds is 20. The maximum Gasteiger partial charge on any atom is 0.219 e. The zero-order valence-electron chi connectivity index (χ0n) is 17.9. The molecule has 0 bridgehead atoms. The summed E-state index contributed by atoms with van der Waals surface area (Å²) in [6.07, 6.45) is 21.0. The van der Waals surface area contributed by atoms with E-state index in [9.17, 15) is 4.79 Å². The van der Waals surface area contributed by atoms with Crippen LogP contribution >= 0.6 is 0 Å². The summed E-state index contributed by atoms with van der Waals surface area (Å²) < 4.78 is 0. The standard InChI is InChI=1S/C22H46N4O/c1-2-3-4-5-6-7-8-9-10-11-12-13-15-18-21(27)25-19-16-14-17-20-26-22(23)24/h2-20H2,1H3,(H,25,27)(H4,23,24,26). The van der Waals surface area contributed by atoms with Crippen molar-refractivity contribution in [3.63, 3.8) is 0 Å². The van der Waals surface area contributed by atoms with E-state index in [4.69, 9.17) is 11.1 Å². The van der Waals surface area contributed by atoms with Crippen LogP contribution in [0, 0.1) is 5.41 Å². The summed E-state index contributed by atoms with van der Waals surface area (Å²) in [7, 11) is 0. The molecular weight excluding hydrogens is 336 g/mol. The lowest BCUT2D eigenvalue weighted by Crippen LogP contribution is -2.31. The van der Waals surface area contributed by atoms with Crippen LogP contribution < -0.4 is 16.4 Å². The van der Waals surface area contributed by atoms with Crippen molar-refractivity contribution in [3.05, 3.63) is 0 Å². The van der Waals surface area contributed by atoms with Gasteiger partial charge in [0, 0.05) is 19.5 Å². The molecular formula is C22H46N4O. The quantitative estimate of drug-likeness (QED) is 0.132. The molecule has 5 heteroatoms. The third kappa shape index (κ3) is 22.7. The Balaban J connectivity index is 3.15. The van der Waals surface area contributed by atoms with Gasteiger partial charge in [0.1, 0.15) is 0 Å². The molecule has 0 unspecified atom stereocenters. The summed E-state index contributed by atoms with van der Waals surface area (Å²) in [6.45, 7) is 3.77. The number of nitrogens with one attached hydrogen (secondary N) is 3. The molecule has 5 N–H and O–H groups in total. The molecule has 27 heavy (non-hydrogen) atoms. The highest BCUT2D eigenvalue weighted by Crippen LogP contribution is 2.12. The van der Waals surface area contributed by atoms with E-state index in [2.05, 4.69) is 17.6 Å². The summed E-state index contributed by atoms with van der Waals surface area (Å²) in [6, 6.07) is 0. The average Bonchev–Trinajstić information content (AvgIpc) is 2.64. The summed E-state index contributed by atoms with van der Waals surface area (Å²) in [5.74, 6) is 0.223. The van der Waals surface area contributed by atoms with Crippen molar-refractivity contribution in [1.82, 2.24) is 10.6 Å². The van der Waals surface area contributed by atoms with Gasteiger partial charge in [-0.25, -0.2) is 0 Å². The van der Waals surface area contributed by atoms with Crippen LogP contribution in [0.25, 0.3) is 0 Å². The molecule has 160 valence electrons. The number of carbonyl (C=O) groups is 1. The second-order valence-electron chi connectivity index (χ2n) is 7.74. The Bertz CT molecular complexity index is 347. The number of amides is 1. The molecule has 1 amide bonds. The Labute approximate surface area is 168 Å². The van der Waals surface area contributed by atoms with E-state index in [1.165, 1.54) is 77.0 Å². The molecule has 0 aromatic carbocycles. The van der Waals surface area contributed by atoms with Crippen LogP contribution in [-0.4, -0.2) is 25.0 Å². The van der Waals surface area contributed by atoms with Gasteiger partial charge in [-0.2, -0.15) is 0 Å². The minimum Gasteiger partial charge on any atom is -0.370 e. The molecule has 0 radical (unpaired) electrons. The first-order valence-electron chi connectivity index (χ1n) is 11.5. The van der Waals surface area contributed by atoms with Gasteiger partial charge in [0.2, 0.25) is 5.91 Å². The fraction of sp³-hybridized carbons (Fsp3) is 0.909. The summed E-state index contributed by atoms with van der Waals surface area (Å²) in [4.78, 5) is 11.8. The molecule has 0 atom stereocenters. The van der Waals surface area contributed by atoms with E-state index in [-0.39, 0.29) is 11.9 Å². The van der Waals surface area contributed by atoms with Crippen molar-refractivity contribution in [3.8, 4) is 0 Å². The highest BCUT2D eigenvalue weighted by molar-refractivity contribution is 5.75. The molecule has 0 aromatic heterocycles. The number of unbranched alkanes of at least 4 members (excludes halogenated alkanes) is 14. The lowest BCUT2D eigenvalue weighted by molar-refractivity contribution is -0.121. The van der Waals surface area contributed by atoms with Gasteiger partial charge in [0.25, 0.3) is 0 Å². The smallest absolute Gasteiger partial charge is 0.219 e. The molecule has 0 aromatic rings. The van der Waals surface area contributed by atoms with Crippen molar-refractivity contribution < 1.29 is 4.79 Å². The topological polar surface area (TPSA) is 91.0 Å². The van der Waals surface area contributed by atoms with Crippen molar-refractivity contribution in [2.75, 3.05) is 13.1 Å². The molecule has 0 aliphatic carbocycles. The number of nitrogens with two attached hydrogens (primary N) is 1. The van der Waals surface area contributed by atoms with Gasteiger partial charge >= 0.3 is 0 Å². The number of guanidine groups is 1. The highest BCUT2D eigenvalue weighted by Gasteiger charge is 2.00. The van der Waals surface area contributed by atoms with Gasteiger partial charge in [0.05, 0.1) is 0 Å². The van der Waals surface area contributed by atoms with Crippen LogP contribution in [0.5, 0.6) is 0 Å². The van der Waals surface area contributed by atoms with Crippen LogP contribution in [0.3, 0.4) is 0 Å². The van der Waals surface area contributed by atoms with E-state index in [0.29, 0.717) is 6.42 Å². The van der Waals surface area contributed by atoms with Gasteiger partial charge in [-0.3, -0.25) is 10.2 Å².